The predicted octanol–water partition coefficient (Wildman–Crippen LogP) is 3.48. The van der Waals surface area contributed by atoms with E-state index in [1.165, 1.54) is 6.20 Å². The molecule has 0 atom stereocenters. The van der Waals surface area contributed by atoms with Crippen molar-refractivity contribution in [1.82, 2.24) is 19.9 Å². The molecular weight excluding hydrogens is 348 g/mol. The Kier molecular flexibility index (Phi) is 6.48. The molecule has 0 amide bonds. The van der Waals surface area contributed by atoms with Gasteiger partial charge in [-0.25, -0.2) is 19.6 Å². The van der Waals surface area contributed by atoms with Gasteiger partial charge in [0.05, 0.1) is 5.69 Å². The molecule has 0 saturated carbocycles. The fourth-order valence-corrected chi connectivity index (χ4v) is 2.22. The number of aromatic carboxylic acids is 1. The van der Waals surface area contributed by atoms with Crippen molar-refractivity contribution in [1.29, 1.82) is 0 Å². The molecule has 0 bridgehead atoms. The smallest absolute Gasteiger partial charge is 0.379 e. The third-order valence-corrected chi connectivity index (χ3v) is 3.77. The number of para-hydroxylation sites is 1. The zero-order chi connectivity index (χ0) is 20.0. The minimum Gasteiger partial charge on any atom is -0.475 e. The monoisotopic (exact) mass is 370 g/mol. The van der Waals surface area contributed by atoms with Crippen LogP contribution < -0.4 is 4.74 Å². The van der Waals surface area contributed by atoms with Crippen molar-refractivity contribution in [3.63, 3.8) is 0 Å². The first-order valence-electron chi connectivity index (χ1n) is 8.36. The summed E-state index contributed by atoms with van der Waals surface area (Å²) in [5.74, 6) is -0.377. The molecule has 0 aliphatic carbocycles. The minimum absolute atomic E-state index is 0.00926. The fourth-order valence-electron chi connectivity index (χ4n) is 2.22. The molecule has 0 unspecified atom stereocenters. The van der Waals surface area contributed by atoms with E-state index in [4.69, 9.17) is 9.84 Å². The van der Waals surface area contributed by atoms with Crippen molar-refractivity contribution < 1.29 is 19.4 Å². The van der Waals surface area contributed by atoms with Crippen LogP contribution >= 0.6 is 0 Å². The lowest BCUT2D eigenvalue weighted by molar-refractivity contribution is 0.0682. The SMILES string of the molecule is CC(C)c1ccccc1OC(=O)c1ncc[nH]1.Cc1nc(C(=O)O)[nH]c1C. The van der Waals surface area contributed by atoms with Crippen LogP contribution in [-0.4, -0.2) is 37.0 Å². The molecule has 1 aromatic carbocycles. The quantitative estimate of drug-likeness (QED) is 0.477. The summed E-state index contributed by atoms with van der Waals surface area (Å²) in [5, 5.41) is 8.43. The number of nitrogens with zero attached hydrogens (tertiary/aromatic N) is 2. The molecule has 2 heterocycles. The number of imidazole rings is 2. The zero-order valence-corrected chi connectivity index (χ0v) is 15.6. The Morgan fingerprint density at radius 2 is 1.85 bits per heavy atom. The maximum Gasteiger partial charge on any atom is 0.379 e. The molecule has 8 nitrogen and oxygen atoms in total. The highest BCUT2D eigenvalue weighted by Crippen LogP contribution is 2.26. The van der Waals surface area contributed by atoms with Gasteiger partial charge in [0.25, 0.3) is 0 Å². The number of carbonyl (C=O) groups is 2. The van der Waals surface area contributed by atoms with E-state index >= 15 is 0 Å². The van der Waals surface area contributed by atoms with Crippen molar-refractivity contribution in [3.8, 4) is 5.75 Å². The van der Waals surface area contributed by atoms with Crippen molar-refractivity contribution in [2.75, 3.05) is 0 Å². The highest BCUT2D eigenvalue weighted by molar-refractivity contribution is 5.87. The number of aromatic nitrogens is 4. The van der Waals surface area contributed by atoms with Gasteiger partial charge in [-0.15, -0.1) is 0 Å². The molecule has 27 heavy (non-hydrogen) atoms. The Labute approximate surface area is 156 Å². The molecule has 3 rings (SSSR count). The molecule has 0 radical (unpaired) electrons. The van der Waals surface area contributed by atoms with Gasteiger partial charge in [-0.1, -0.05) is 32.0 Å². The van der Waals surface area contributed by atoms with Gasteiger partial charge in [0.1, 0.15) is 5.75 Å². The van der Waals surface area contributed by atoms with Gasteiger partial charge in [0.2, 0.25) is 11.6 Å². The second kappa shape index (κ2) is 8.79. The number of hydrogen-bond donors (Lipinski definition) is 3. The molecule has 0 aliphatic rings. The number of esters is 1. The van der Waals surface area contributed by atoms with E-state index in [-0.39, 0.29) is 11.6 Å². The van der Waals surface area contributed by atoms with Crippen LogP contribution in [0.4, 0.5) is 0 Å². The average Bonchev–Trinajstić information content (AvgIpc) is 3.26. The average molecular weight is 370 g/mol. The molecule has 0 aliphatic heterocycles. The second-order valence-corrected chi connectivity index (χ2v) is 6.12. The molecular formula is C19H22N4O4. The number of hydrogen-bond acceptors (Lipinski definition) is 5. The number of aryl methyl sites for hydroxylation is 2. The summed E-state index contributed by atoms with van der Waals surface area (Å²) in [6.45, 7) is 7.66. The number of rotatable bonds is 4. The van der Waals surface area contributed by atoms with Crippen molar-refractivity contribution in [2.24, 2.45) is 0 Å². The summed E-state index contributed by atoms with van der Waals surface area (Å²) in [6, 6.07) is 7.52. The largest absolute Gasteiger partial charge is 0.475 e. The summed E-state index contributed by atoms with van der Waals surface area (Å²) < 4.78 is 5.32. The van der Waals surface area contributed by atoms with Gasteiger partial charge in [0.15, 0.2) is 0 Å². The van der Waals surface area contributed by atoms with Crippen molar-refractivity contribution in [2.45, 2.75) is 33.6 Å². The lowest BCUT2D eigenvalue weighted by atomic mass is 10.0. The van der Waals surface area contributed by atoms with E-state index in [0.717, 1.165) is 17.0 Å². The maximum atomic E-state index is 11.7. The van der Waals surface area contributed by atoms with E-state index in [0.29, 0.717) is 11.7 Å². The summed E-state index contributed by atoms with van der Waals surface area (Å²) in [7, 11) is 0. The molecule has 142 valence electrons. The van der Waals surface area contributed by atoms with Crippen LogP contribution in [0.5, 0.6) is 5.75 Å². The van der Waals surface area contributed by atoms with Gasteiger partial charge in [-0.3, -0.25) is 0 Å². The number of carboxylic acid groups (broad SMARTS) is 1. The third kappa shape index (κ3) is 5.27. The van der Waals surface area contributed by atoms with Gasteiger partial charge in [-0.2, -0.15) is 0 Å². The van der Waals surface area contributed by atoms with Crippen LogP contribution in [0.1, 0.15) is 58.0 Å². The summed E-state index contributed by atoms with van der Waals surface area (Å²) in [5.41, 5.74) is 2.54. The van der Waals surface area contributed by atoms with E-state index in [1.54, 1.807) is 26.1 Å². The Morgan fingerprint density at radius 3 is 2.33 bits per heavy atom. The van der Waals surface area contributed by atoms with Gasteiger partial charge >= 0.3 is 11.9 Å². The molecule has 2 aromatic heterocycles. The summed E-state index contributed by atoms with van der Waals surface area (Å²) in [4.78, 5) is 35.0. The minimum atomic E-state index is -1.02. The summed E-state index contributed by atoms with van der Waals surface area (Å²) >= 11 is 0. The lowest BCUT2D eigenvalue weighted by Gasteiger charge is -2.11. The Hall–Kier alpha value is -3.42. The highest BCUT2D eigenvalue weighted by atomic mass is 16.5. The molecule has 3 N–H and O–H groups in total. The van der Waals surface area contributed by atoms with Crippen LogP contribution in [0.25, 0.3) is 0 Å². The number of benzene rings is 1. The zero-order valence-electron chi connectivity index (χ0n) is 15.6. The molecule has 0 fully saturated rings. The van der Waals surface area contributed by atoms with Crippen LogP contribution in [-0.2, 0) is 0 Å². The highest BCUT2D eigenvalue weighted by Gasteiger charge is 2.14. The predicted molar refractivity (Wildman–Crippen MR) is 99.1 cm³/mol. The number of ether oxygens (including phenoxy) is 1. The first-order valence-corrected chi connectivity index (χ1v) is 8.36. The van der Waals surface area contributed by atoms with E-state index in [9.17, 15) is 9.59 Å². The fraction of sp³-hybridized carbons (Fsp3) is 0.263. The topological polar surface area (TPSA) is 121 Å². The standard InChI is InChI=1S/C13H14N2O2.C6H8N2O2/c1-9(2)10-5-3-4-6-11(10)17-13(16)12-14-7-8-15-12;1-3-4(2)8-5(7-3)6(9)10/h3-9H,1-2H3,(H,14,15);1-2H3,(H,7,8)(H,9,10). The van der Waals surface area contributed by atoms with Gasteiger partial charge in [-0.05, 0) is 31.4 Å². The maximum absolute atomic E-state index is 11.7. The van der Waals surface area contributed by atoms with Crippen LogP contribution in [0.2, 0.25) is 0 Å². The number of carbonyl (C=O) groups excluding carboxylic acids is 1. The van der Waals surface area contributed by atoms with E-state index < -0.39 is 11.9 Å². The Balaban J connectivity index is 0.000000223. The first-order chi connectivity index (χ1) is 12.8. The van der Waals surface area contributed by atoms with Crippen LogP contribution in [0, 0.1) is 13.8 Å². The number of aromatic amines is 2. The molecule has 0 spiro atoms. The molecule has 3 aromatic rings. The van der Waals surface area contributed by atoms with Gasteiger partial charge in [0, 0.05) is 18.1 Å². The third-order valence-electron chi connectivity index (χ3n) is 3.77. The van der Waals surface area contributed by atoms with Crippen molar-refractivity contribution in [3.05, 3.63) is 65.3 Å². The first kappa shape index (κ1) is 19.9. The Bertz CT molecular complexity index is 894. The Morgan fingerprint density at radius 1 is 1.15 bits per heavy atom. The van der Waals surface area contributed by atoms with Crippen LogP contribution in [0.3, 0.4) is 0 Å². The van der Waals surface area contributed by atoms with E-state index in [2.05, 4.69) is 33.8 Å². The molecule has 0 saturated heterocycles. The number of carboxylic acids is 1. The number of H-pyrrole nitrogens is 2. The normalized spacial score (nSPS) is 10.3. The summed E-state index contributed by atoms with van der Waals surface area (Å²) in [6.07, 6.45) is 3.11. The second-order valence-electron chi connectivity index (χ2n) is 6.12. The molecule has 8 heteroatoms. The number of nitrogens with one attached hydrogen (secondary N) is 2. The van der Waals surface area contributed by atoms with E-state index in [1.807, 2.05) is 18.2 Å². The lowest BCUT2D eigenvalue weighted by Crippen LogP contribution is -2.11. The van der Waals surface area contributed by atoms with Crippen LogP contribution in [0.15, 0.2) is 36.7 Å². The van der Waals surface area contributed by atoms with Crippen molar-refractivity contribution >= 4 is 11.9 Å². The van der Waals surface area contributed by atoms with Gasteiger partial charge < -0.3 is 19.8 Å².